The van der Waals surface area contributed by atoms with E-state index in [0.29, 0.717) is 76.0 Å². The summed E-state index contributed by atoms with van der Waals surface area (Å²) in [4.78, 5) is 25.6. The molecule has 0 saturated carbocycles. The van der Waals surface area contributed by atoms with Gasteiger partial charge in [0.1, 0.15) is 5.75 Å². The van der Waals surface area contributed by atoms with E-state index in [4.69, 9.17) is 14.2 Å². The Hall–Kier alpha value is -4.74. The largest absolute Gasteiger partial charge is 0.497 e. The zero-order valence-electron chi connectivity index (χ0n) is 24.4. The molecule has 3 aromatic carbocycles. The van der Waals surface area contributed by atoms with Crippen LogP contribution in [0.2, 0.25) is 0 Å². The first-order valence-corrected chi connectivity index (χ1v) is 14.3. The number of anilines is 3. The van der Waals surface area contributed by atoms with Crippen molar-refractivity contribution >= 4 is 23.8 Å². The fourth-order valence-corrected chi connectivity index (χ4v) is 3.99. The number of ether oxygens (including phenoxy) is 3. The SMILES string of the molecule is COc1ccc(CCNc2nc(NCCOCCOCCNC(=O)c3ccccc3)nc(NCc3ccccc3)n2)cc1. The Kier molecular flexibility index (Phi) is 13.0. The normalized spacial score (nSPS) is 10.6. The van der Waals surface area contributed by atoms with Crippen LogP contribution < -0.4 is 26.0 Å². The summed E-state index contributed by atoms with van der Waals surface area (Å²) in [6.45, 7) is 3.94. The molecule has 0 spiro atoms. The second-order valence-corrected chi connectivity index (χ2v) is 9.44. The maximum Gasteiger partial charge on any atom is 0.251 e. The van der Waals surface area contributed by atoms with E-state index >= 15 is 0 Å². The molecule has 226 valence electrons. The number of methoxy groups -OCH3 is 1. The molecule has 0 saturated heterocycles. The second kappa shape index (κ2) is 17.9. The lowest BCUT2D eigenvalue weighted by Crippen LogP contribution is -2.27. The van der Waals surface area contributed by atoms with Crippen molar-refractivity contribution in [2.75, 3.05) is 69.1 Å². The number of nitrogens with zero attached hydrogens (tertiary/aromatic N) is 3. The maximum atomic E-state index is 12.0. The molecule has 11 heteroatoms. The van der Waals surface area contributed by atoms with Crippen LogP contribution in [-0.2, 0) is 22.4 Å². The van der Waals surface area contributed by atoms with Crippen molar-refractivity contribution in [1.29, 1.82) is 0 Å². The van der Waals surface area contributed by atoms with Crippen LogP contribution in [0.5, 0.6) is 5.75 Å². The van der Waals surface area contributed by atoms with E-state index < -0.39 is 0 Å². The third kappa shape index (κ3) is 11.6. The van der Waals surface area contributed by atoms with E-state index in [9.17, 15) is 4.79 Å². The molecule has 0 unspecified atom stereocenters. The van der Waals surface area contributed by atoms with Gasteiger partial charge in [0.05, 0.1) is 33.5 Å². The van der Waals surface area contributed by atoms with E-state index in [2.05, 4.69) is 36.2 Å². The second-order valence-electron chi connectivity index (χ2n) is 9.44. The number of nitrogens with one attached hydrogen (secondary N) is 4. The quantitative estimate of drug-likeness (QED) is 0.120. The smallest absolute Gasteiger partial charge is 0.251 e. The zero-order chi connectivity index (χ0) is 30.0. The molecule has 0 bridgehead atoms. The van der Waals surface area contributed by atoms with Gasteiger partial charge in [-0.2, -0.15) is 15.0 Å². The molecule has 4 rings (SSSR count). The van der Waals surface area contributed by atoms with Gasteiger partial charge < -0.3 is 35.5 Å². The standard InChI is InChI=1S/C32H39N7O4/c1-41-28-14-12-25(13-15-28)16-17-34-30-37-31(39-32(38-30)36-24-26-8-4-2-5-9-26)35-19-21-43-23-22-42-20-18-33-29(40)27-10-6-3-7-11-27/h2-15H,16-24H2,1H3,(H,33,40)(H3,34,35,36,37,38,39). The molecule has 0 atom stereocenters. The molecule has 0 aliphatic rings. The van der Waals surface area contributed by atoms with E-state index in [-0.39, 0.29) is 5.91 Å². The molecule has 11 nitrogen and oxygen atoms in total. The van der Waals surface area contributed by atoms with Crippen LogP contribution in [0, 0.1) is 0 Å². The number of benzene rings is 3. The number of aromatic nitrogens is 3. The van der Waals surface area contributed by atoms with Gasteiger partial charge >= 0.3 is 0 Å². The van der Waals surface area contributed by atoms with E-state index in [1.54, 1.807) is 19.2 Å². The van der Waals surface area contributed by atoms with Crippen molar-refractivity contribution in [1.82, 2.24) is 20.3 Å². The average molecular weight is 586 g/mol. The van der Waals surface area contributed by atoms with Crippen molar-refractivity contribution in [2.45, 2.75) is 13.0 Å². The van der Waals surface area contributed by atoms with Gasteiger partial charge in [-0.05, 0) is 41.8 Å². The number of rotatable bonds is 19. The zero-order valence-corrected chi connectivity index (χ0v) is 24.4. The van der Waals surface area contributed by atoms with E-state index in [0.717, 1.165) is 17.7 Å². The molecule has 1 aromatic heterocycles. The summed E-state index contributed by atoms with van der Waals surface area (Å²) < 4.78 is 16.4. The van der Waals surface area contributed by atoms with Crippen LogP contribution in [0.3, 0.4) is 0 Å². The molecule has 0 aliphatic carbocycles. The number of carbonyl (C=O) groups excluding carboxylic acids is 1. The maximum absolute atomic E-state index is 12.0. The van der Waals surface area contributed by atoms with Crippen molar-refractivity contribution in [3.63, 3.8) is 0 Å². The summed E-state index contributed by atoms with van der Waals surface area (Å²) >= 11 is 0. The molecule has 1 heterocycles. The highest BCUT2D eigenvalue weighted by Gasteiger charge is 2.07. The lowest BCUT2D eigenvalue weighted by Gasteiger charge is -2.12. The van der Waals surface area contributed by atoms with Crippen LogP contribution >= 0.6 is 0 Å². The number of hydrogen-bond acceptors (Lipinski definition) is 10. The predicted molar refractivity (Wildman–Crippen MR) is 168 cm³/mol. The lowest BCUT2D eigenvalue weighted by molar-refractivity contribution is 0.0519. The summed E-state index contributed by atoms with van der Waals surface area (Å²) in [5, 5.41) is 12.6. The molecule has 4 aromatic rings. The Morgan fingerprint density at radius 3 is 1.86 bits per heavy atom. The van der Waals surface area contributed by atoms with Gasteiger partial charge in [0.2, 0.25) is 17.8 Å². The fraction of sp³-hybridized carbons (Fsp3) is 0.312. The molecule has 1 amide bonds. The van der Waals surface area contributed by atoms with Gasteiger partial charge in [0.25, 0.3) is 5.91 Å². The number of hydrogen-bond donors (Lipinski definition) is 4. The Bertz CT molecular complexity index is 1360. The minimum atomic E-state index is -0.112. The van der Waals surface area contributed by atoms with Crippen molar-refractivity contribution in [3.8, 4) is 5.75 Å². The van der Waals surface area contributed by atoms with Gasteiger partial charge in [-0.1, -0.05) is 60.7 Å². The Labute approximate surface area is 252 Å². The van der Waals surface area contributed by atoms with Crippen molar-refractivity contribution in [2.24, 2.45) is 0 Å². The minimum Gasteiger partial charge on any atom is -0.497 e. The highest BCUT2D eigenvalue weighted by molar-refractivity contribution is 5.94. The van der Waals surface area contributed by atoms with Gasteiger partial charge in [0.15, 0.2) is 0 Å². The highest BCUT2D eigenvalue weighted by Crippen LogP contribution is 2.13. The molecule has 0 aliphatic heterocycles. The van der Waals surface area contributed by atoms with Crippen LogP contribution in [0.15, 0.2) is 84.9 Å². The third-order valence-corrected chi connectivity index (χ3v) is 6.25. The molecule has 43 heavy (non-hydrogen) atoms. The minimum absolute atomic E-state index is 0.112. The van der Waals surface area contributed by atoms with E-state index in [1.807, 2.05) is 72.8 Å². The van der Waals surface area contributed by atoms with Crippen LogP contribution in [-0.4, -0.2) is 74.0 Å². The van der Waals surface area contributed by atoms with Crippen LogP contribution in [0.25, 0.3) is 0 Å². The number of amides is 1. The fourth-order valence-electron chi connectivity index (χ4n) is 3.99. The Morgan fingerprint density at radius 1 is 0.628 bits per heavy atom. The van der Waals surface area contributed by atoms with E-state index in [1.165, 1.54) is 5.56 Å². The van der Waals surface area contributed by atoms with Crippen LogP contribution in [0.1, 0.15) is 21.5 Å². The lowest BCUT2D eigenvalue weighted by atomic mass is 10.1. The summed E-state index contributed by atoms with van der Waals surface area (Å²) in [5.74, 6) is 2.13. The summed E-state index contributed by atoms with van der Waals surface area (Å²) in [6.07, 6.45) is 0.806. The van der Waals surface area contributed by atoms with Crippen molar-refractivity contribution < 1.29 is 19.0 Å². The van der Waals surface area contributed by atoms with Gasteiger partial charge in [-0.15, -0.1) is 0 Å². The third-order valence-electron chi connectivity index (χ3n) is 6.25. The van der Waals surface area contributed by atoms with Gasteiger partial charge in [-0.25, -0.2) is 0 Å². The first kappa shape index (κ1) is 31.2. The molecule has 4 N–H and O–H groups in total. The number of carbonyl (C=O) groups is 1. The molecule has 0 radical (unpaired) electrons. The van der Waals surface area contributed by atoms with Gasteiger partial charge in [-0.3, -0.25) is 4.79 Å². The first-order chi connectivity index (χ1) is 21.2. The molecular weight excluding hydrogens is 546 g/mol. The predicted octanol–water partition coefficient (Wildman–Crippen LogP) is 4.02. The van der Waals surface area contributed by atoms with Gasteiger partial charge in [0, 0.05) is 31.7 Å². The molecular formula is C32H39N7O4. The Morgan fingerprint density at radius 2 is 1.21 bits per heavy atom. The molecule has 0 fully saturated rings. The average Bonchev–Trinajstić information content (AvgIpc) is 3.05. The summed E-state index contributed by atoms with van der Waals surface area (Å²) in [5.41, 5.74) is 2.94. The highest BCUT2D eigenvalue weighted by atomic mass is 16.5. The topological polar surface area (TPSA) is 132 Å². The summed E-state index contributed by atoms with van der Waals surface area (Å²) in [7, 11) is 1.66. The first-order valence-electron chi connectivity index (χ1n) is 14.3. The van der Waals surface area contributed by atoms with Crippen LogP contribution in [0.4, 0.5) is 17.8 Å². The monoisotopic (exact) mass is 585 g/mol. The Balaban J connectivity index is 1.17. The summed E-state index contributed by atoms with van der Waals surface area (Å²) in [6, 6.07) is 27.2. The van der Waals surface area contributed by atoms with Crippen molar-refractivity contribution in [3.05, 3.63) is 102 Å².